The lowest BCUT2D eigenvalue weighted by atomic mass is 10.0. The van der Waals surface area contributed by atoms with Crippen molar-refractivity contribution in [1.82, 2.24) is 9.97 Å². The number of halogens is 1. The standard InChI is InChI=1S/C19H20ClN3O2/c1-11(2)12-7-5-6-8-14(12)21-18-13-9-16(24-3)17(25-4)10-15(13)22-19(20)23-18/h5-11H,1-4H3,(H,21,22,23). The van der Waals surface area contributed by atoms with E-state index in [1.165, 1.54) is 5.56 Å². The van der Waals surface area contributed by atoms with E-state index in [1.54, 1.807) is 20.3 Å². The van der Waals surface area contributed by atoms with Gasteiger partial charge in [-0.1, -0.05) is 32.0 Å². The topological polar surface area (TPSA) is 56.3 Å². The fourth-order valence-electron chi connectivity index (χ4n) is 2.76. The van der Waals surface area contributed by atoms with Crippen LogP contribution < -0.4 is 14.8 Å². The predicted octanol–water partition coefficient (Wildman–Crippen LogP) is 5.17. The number of para-hydroxylation sites is 1. The van der Waals surface area contributed by atoms with Gasteiger partial charge in [0.2, 0.25) is 5.28 Å². The molecule has 0 amide bonds. The third-order valence-electron chi connectivity index (χ3n) is 4.01. The average Bonchev–Trinajstić information content (AvgIpc) is 2.60. The Bertz CT molecular complexity index is 913. The molecule has 3 rings (SSSR count). The number of benzene rings is 2. The second-order valence-corrected chi connectivity index (χ2v) is 6.27. The van der Waals surface area contributed by atoms with Crippen molar-refractivity contribution in [3.05, 3.63) is 47.2 Å². The summed E-state index contributed by atoms with van der Waals surface area (Å²) in [4.78, 5) is 8.67. The average molecular weight is 358 g/mol. The lowest BCUT2D eigenvalue weighted by Gasteiger charge is -2.16. The Labute approximate surface area is 152 Å². The van der Waals surface area contributed by atoms with E-state index >= 15 is 0 Å². The SMILES string of the molecule is COc1cc2nc(Cl)nc(Nc3ccccc3C(C)C)c2cc1OC. The van der Waals surface area contributed by atoms with Gasteiger partial charge >= 0.3 is 0 Å². The van der Waals surface area contributed by atoms with Gasteiger partial charge in [0.1, 0.15) is 5.82 Å². The van der Waals surface area contributed by atoms with Crippen LogP contribution in [0.4, 0.5) is 11.5 Å². The third kappa shape index (κ3) is 3.46. The number of hydrogen-bond acceptors (Lipinski definition) is 5. The molecule has 0 atom stereocenters. The maximum atomic E-state index is 6.13. The molecule has 3 aromatic rings. The number of hydrogen-bond donors (Lipinski definition) is 1. The highest BCUT2D eigenvalue weighted by Crippen LogP contribution is 2.36. The van der Waals surface area contributed by atoms with Gasteiger partial charge in [0.25, 0.3) is 0 Å². The van der Waals surface area contributed by atoms with Crippen LogP contribution in [0, 0.1) is 0 Å². The fraction of sp³-hybridized carbons (Fsp3) is 0.263. The molecule has 0 bridgehead atoms. The summed E-state index contributed by atoms with van der Waals surface area (Å²) in [7, 11) is 3.19. The van der Waals surface area contributed by atoms with Gasteiger partial charge < -0.3 is 14.8 Å². The summed E-state index contributed by atoms with van der Waals surface area (Å²) in [6, 6.07) is 11.8. The van der Waals surface area contributed by atoms with Gasteiger partial charge in [0, 0.05) is 17.1 Å². The first-order chi connectivity index (χ1) is 12.0. The van der Waals surface area contributed by atoms with E-state index in [1.807, 2.05) is 24.3 Å². The number of rotatable bonds is 5. The van der Waals surface area contributed by atoms with Crippen molar-refractivity contribution in [3.63, 3.8) is 0 Å². The second kappa shape index (κ2) is 7.15. The smallest absolute Gasteiger partial charge is 0.224 e. The van der Waals surface area contributed by atoms with Crippen LogP contribution in [-0.4, -0.2) is 24.2 Å². The highest BCUT2D eigenvalue weighted by molar-refractivity contribution is 6.28. The molecular formula is C19H20ClN3O2. The quantitative estimate of drug-likeness (QED) is 0.638. The Kier molecular flexibility index (Phi) is 4.95. The molecule has 1 aromatic heterocycles. The van der Waals surface area contributed by atoms with Crippen molar-refractivity contribution in [3.8, 4) is 11.5 Å². The minimum absolute atomic E-state index is 0.171. The maximum Gasteiger partial charge on any atom is 0.224 e. The van der Waals surface area contributed by atoms with Gasteiger partial charge in [0.15, 0.2) is 11.5 Å². The van der Waals surface area contributed by atoms with E-state index in [4.69, 9.17) is 21.1 Å². The Balaban J connectivity index is 2.16. The molecule has 0 saturated carbocycles. The minimum atomic E-state index is 0.171. The van der Waals surface area contributed by atoms with Gasteiger partial charge in [-0.2, -0.15) is 4.98 Å². The number of nitrogens with zero attached hydrogens (tertiary/aromatic N) is 2. The van der Waals surface area contributed by atoms with Crippen molar-refractivity contribution in [2.75, 3.05) is 19.5 Å². The van der Waals surface area contributed by atoms with Crippen LogP contribution in [0.25, 0.3) is 10.9 Å². The summed E-state index contributed by atoms with van der Waals surface area (Å²) in [5.74, 6) is 2.21. The van der Waals surface area contributed by atoms with Gasteiger partial charge in [-0.05, 0) is 35.2 Å². The van der Waals surface area contributed by atoms with Gasteiger partial charge in [-0.25, -0.2) is 4.98 Å². The van der Waals surface area contributed by atoms with E-state index < -0.39 is 0 Å². The summed E-state index contributed by atoms with van der Waals surface area (Å²) >= 11 is 6.13. The van der Waals surface area contributed by atoms with E-state index in [-0.39, 0.29) is 5.28 Å². The summed E-state index contributed by atoms with van der Waals surface area (Å²) in [6.07, 6.45) is 0. The number of nitrogens with one attached hydrogen (secondary N) is 1. The molecule has 0 fully saturated rings. The van der Waals surface area contributed by atoms with E-state index in [2.05, 4.69) is 35.2 Å². The van der Waals surface area contributed by atoms with Crippen LogP contribution in [-0.2, 0) is 0 Å². The molecule has 5 nitrogen and oxygen atoms in total. The maximum absolute atomic E-state index is 6.13. The highest BCUT2D eigenvalue weighted by Gasteiger charge is 2.14. The summed E-state index contributed by atoms with van der Waals surface area (Å²) in [5.41, 5.74) is 2.87. The lowest BCUT2D eigenvalue weighted by Crippen LogP contribution is -2.02. The molecule has 0 aliphatic heterocycles. The fourth-order valence-corrected chi connectivity index (χ4v) is 2.94. The molecule has 0 spiro atoms. The molecule has 6 heteroatoms. The lowest BCUT2D eigenvalue weighted by molar-refractivity contribution is 0.356. The van der Waals surface area contributed by atoms with Crippen LogP contribution in [0.5, 0.6) is 11.5 Å². The number of methoxy groups -OCH3 is 2. The first-order valence-corrected chi connectivity index (χ1v) is 8.36. The molecule has 0 aliphatic carbocycles. The van der Waals surface area contributed by atoms with Gasteiger partial charge in [-0.3, -0.25) is 0 Å². The zero-order chi connectivity index (χ0) is 18.0. The molecule has 0 aliphatic rings. The first kappa shape index (κ1) is 17.3. The number of fused-ring (bicyclic) bond motifs is 1. The molecule has 25 heavy (non-hydrogen) atoms. The molecule has 0 radical (unpaired) electrons. The van der Waals surface area contributed by atoms with Crippen LogP contribution in [0.1, 0.15) is 25.3 Å². The molecular weight excluding hydrogens is 338 g/mol. The molecule has 130 valence electrons. The first-order valence-electron chi connectivity index (χ1n) is 7.98. The normalized spacial score (nSPS) is 11.0. The molecule has 0 saturated heterocycles. The van der Waals surface area contributed by atoms with E-state index in [0.29, 0.717) is 28.8 Å². The molecule has 2 aromatic carbocycles. The summed E-state index contributed by atoms with van der Waals surface area (Å²) in [5, 5.41) is 4.37. The molecule has 1 heterocycles. The van der Waals surface area contributed by atoms with E-state index in [9.17, 15) is 0 Å². The van der Waals surface area contributed by atoms with Gasteiger partial charge in [0.05, 0.1) is 19.7 Å². The van der Waals surface area contributed by atoms with Crippen molar-refractivity contribution in [2.45, 2.75) is 19.8 Å². The Hall–Kier alpha value is -2.53. The zero-order valence-corrected chi connectivity index (χ0v) is 15.4. The second-order valence-electron chi connectivity index (χ2n) is 5.93. The Morgan fingerprint density at radius 2 is 1.68 bits per heavy atom. The Morgan fingerprint density at radius 3 is 2.36 bits per heavy atom. The molecule has 0 unspecified atom stereocenters. The van der Waals surface area contributed by atoms with Crippen molar-refractivity contribution in [1.29, 1.82) is 0 Å². The monoisotopic (exact) mass is 357 g/mol. The summed E-state index contributed by atoms with van der Waals surface area (Å²) in [6.45, 7) is 4.30. The van der Waals surface area contributed by atoms with Crippen LogP contribution >= 0.6 is 11.6 Å². The predicted molar refractivity (Wildman–Crippen MR) is 101 cm³/mol. The van der Waals surface area contributed by atoms with Crippen molar-refractivity contribution < 1.29 is 9.47 Å². The van der Waals surface area contributed by atoms with Crippen molar-refractivity contribution >= 4 is 34.0 Å². The summed E-state index contributed by atoms with van der Waals surface area (Å²) < 4.78 is 10.7. The minimum Gasteiger partial charge on any atom is -0.493 e. The third-order valence-corrected chi connectivity index (χ3v) is 4.18. The van der Waals surface area contributed by atoms with Crippen LogP contribution in [0.15, 0.2) is 36.4 Å². The van der Waals surface area contributed by atoms with Gasteiger partial charge in [-0.15, -0.1) is 0 Å². The highest BCUT2D eigenvalue weighted by atomic mass is 35.5. The van der Waals surface area contributed by atoms with Crippen molar-refractivity contribution in [2.24, 2.45) is 0 Å². The van der Waals surface area contributed by atoms with Crippen LogP contribution in [0.3, 0.4) is 0 Å². The number of ether oxygens (including phenoxy) is 2. The number of aromatic nitrogens is 2. The zero-order valence-electron chi connectivity index (χ0n) is 14.6. The molecule has 1 N–H and O–H groups in total. The number of anilines is 2. The Morgan fingerprint density at radius 1 is 1.00 bits per heavy atom. The van der Waals surface area contributed by atoms with E-state index in [0.717, 1.165) is 11.1 Å². The van der Waals surface area contributed by atoms with Crippen LogP contribution in [0.2, 0.25) is 5.28 Å². The largest absolute Gasteiger partial charge is 0.493 e.